The molecule has 1 amide bonds. The molecule has 0 bridgehead atoms. The van der Waals surface area contributed by atoms with E-state index >= 15 is 0 Å². The summed E-state index contributed by atoms with van der Waals surface area (Å²) in [5.41, 5.74) is 0. The van der Waals surface area contributed by atoms with Crippen LogP contribution in [0.4, 0.5) is 0 Å². The first-order valence-corrected chi connectivity index (χ1v) is 5.44. The van der Waals surface area contributed by atoms with E-state index < -0.39 is 16.2 Å². The lowest BCUT2D eigenvalue weighted by Gasteiger charge is -2.20. The smallest absolute Gasteiger partial charge is 0.264 e. The fourth-order valence-corrected chi connectivity index (χ4v) is 1.74. The van der Waals surface area contributed by atoms with Crippen molar-refractivity contribution in [2.75, 3.05) is 12.8 Å². The van der Waals surface area contributed by atoms with Gasteiger partial charge in [0, 0.05) is 6.54 Å². The van der Waals surface area contributed by atoms with Crippen molar-refractivity contribution in [3.05, 3.63) is 0 Å². The first-order chi connectivity index (χ1) is 5.47. The molecule has 1 N–H and O–H groups in total. The van der Waals surface area contributed by atoms with E-state index in [-0.39, 0.29) is 12.3 Å². The first kappa shape index (κ1) is 9.47. The van der Waals surface area contributed by atoms with E-state index in [0.29, 0.717) is 13.0 Å². The second-order valence-electron chi connectivity index (χ2n) is 2.77. The number of rotatable bonds is 2. The van der Waals surface area contributed by atoms with Gasteiger partial charge in [0.15, 0.2) is 0 Å². The minimum absolute atomic E-state index is 0.132. The molecule has 1 aliphatic rings. The Balaban J connectivity index is 2.48. The van der Waals surface area contributed by atoms with Crippen LogP contribution in [-0.2, 0) is 19.1 Å². The van der Waals surface area contributed by atoms with Crippen LogP contribution in [0.2, 0.25) is 0 Å². The van der Waals surface area contributed by atoms with E-state index in [0.717, 1.165) is 6.26 Å². The monoisotopic (exact) mass is 193 g/mol. The van der Waals surface area contributed by atoms with Crippen molar-refractivity contribution in [3.8, 4) is 0 Å². The van der Waals surface area contributed by atoms with Crippen LogP contribution in [0.3, 0.4) is 0 Å². The van der Waals surface area contributed by atoms with Gasteiger partial charge in [-0.1, -0.05) is 0 Å². The van der Waals surface area contributed by atoms with Crippen molar-refractivity contribution in [2.45, 2.75) is 18.9 Å². The Labute approximate surface area is 71.2 Å². The average molecular weight is 193 g/mol. The van der Waals surface area contributed by atoms with Gasteiger partial charge in [-0.05, 0) is 6.42 Å². The number of hydrogen-bond donors (Lipinski definition) is 1. The summed E-state index contributed by atoms with van der Waals surface area (Å²) in [6, 6.07) is 0. The van der Waals surface area contributed by atoms with Crippen molar-refractivity contribution in [1.82, 2.24) is 5.32 Å². The highest BCUT2D eigenvalue weighted by Gasteiger charge is 2.22. The molecule has 0 aromatic carbocycles. The largest absolute Gasteiger partial charge is 0.356 e. The molecule has 0 aliphatic carbocycles. The Hall–Kier alpha value is -0.620. The van der Waals surface area contributed by atoms with Gasteiger partial charge in [0.2, 0.25) is 5.91 Å². The van der Waals surface area contributed by atoms with Crippen LogP contribution in [-0.4, -0.2) is 33.2 Å². The zero-order chi connectivity index (χ0) is 9.19. The maximum atomic E-state index is 10.8. The highest BCUT2D eigenvalue weighted by Crippen LogP contribution is 2.10. The maximum absolute atomic E-state index is 10.8. The summed E-state index contributed by atoms with van der Waals surface area (Å²) in [5, 5.41) is 2.58. The molecule has 70 valence electrons. The van der Waals surface area contributed by atoms with E-state index in [9.17, 15) is 13.2 Å². The van der Waals surface area contributed by atoms with Crippen LogP contribution >= 0.6 is 0 Å². The van der Waals surface area contributed by atoms with Crippen LogP contribution in [0, 0.1) is 0 Å². The molecule has 1 aliphatic heterocycles. The number of carbonyl (C=O) groups excluding carboxylic acids is 1. The fourth-order valence-electron chi connectivity index (χ4n) is 1.08. The lowest BCUT2D eigenvalue weighted by Crippen LogP contribution is -2.38. The van der Waals surface area contributed by atoms with Gasteiger partial charge >= 0.3 is 0 Å². The quantitative estimate of drug-likeness (QED) is 0.585. The van der Waals surface area contributed by atoms with E-state index in [1.807, 2.05) is 0 Å². The zero-order valence-corrected chi connectivity index (χ0v) is 7.56. The van der Waals surface area contributed by atoms with Crippen molar-refractivity contribution in [1.29, 1.82) is 0 Å². The Morgan fingerprint density at radius 2 is 2.25 bits per heavy atom. The predicted molar refractivity (Wildman–Crippen MR) is 42.0 cm³/mol. The Bertz CT molecular complexity index is 271. The summed E-state index contributed by atoms with van der Waals surface area (Å²) in [5.74, 6) is -0.157. The van der Waals surface area contributed by atoms with E-state index in [1.165, 1.54) is 0 Å². The molecule has 0 aromatic heterocycles. The fraction of sp³-hybridized carbons (Fsp3) is 0.833. The van der Waals surface area contributed by atoms with Gasteiger partial charge in [-0.15, -0.1) is 0 Å². The number of hydrogen-bond acceptors (Lipinski definition) is 4. The van der Waals surface area contributed by atoms with E-state index in [4.69, 9.17) is 0 Å². The van der Waals surface area contributed by atoms with Crippen molar-refractivity contribution in [3.63, 3.8) is 0 Å². The normalized spacial score (nSPS) is 25.1. The van der Waals surface area contributed by atoms with Gasteiger partial charge in [-0.2, -0.15) is 8.42 Å². The lowest BCUT2D eigenvalue weighted by molar-refractivity contribution is -0.124. The van der Waals surface area contributed by atoms with E-state index in [1.54, 1.807) is 0 Å². The minimum Gasteiger partial charge on any atom is -0.356 e. The topological polar surface area (TPSA) is 72.5 Å². The van der Waals surface area contributed by atoms with Crippen LogP contribution < -0.4 is 5.32 Å². The molecule has 1 rings (SSSR count). The number of nitrogens with one attached hydrogen (secondary N) is 1. The summed E-state index contributed by atoms with van der Waals surface area (Å²) in [4.78, 5) is 10.8. The molecule has 12 heavy (non-hydrogen) atoms. The summed E-state index contributed by atoms with van der Waals surface area (Å²) >= 11 is 0. The first-order valence-electron chi connectivity index (χ1n) is 3.62. The lowest BCUT2D eigenvalue weighted by atomic mass is 10.1. The molecule has 1 unspecified atom stereocenters. The third-order valence-corrected chi connectivity index (χ3v) is 2.13. The highest BCUT2D eigenvalue weighted by molar-refractivity contribution is 7.86. The molecule has 0 spiro atoms. The molecule has 0 saturated carbocycles. The number of carbonyl (C=O) groups is 1. The third kappa shape index (κ3) is 3.19. The minimum atomic E-state index is -3.43. The predicted octanol–water partition coefficient (Wildman–Crippen LogP) is -0.759. The van der Waals surface area contributed by atoms with Gasteiger partial charge in [0.25, 0.3) is 10.1 Å². The van der Waals surface area contributed by atoms with Crippen molar-refractivity contribution in [2.24, 2.45) is 0 Å². The summed E-state index contributed by atoms with van der Waals surface area (Å²) in [6.07, 6.45) is 1.19. The number of piperidine rings is 1. The Kier molecular flexibility index (Phi) is 2.69. The molecule has 0 radical (unpaired) electrons. The third-order valence-electron chi connectivity index (χ3n) is 1.51. The molecular weight excluding hydrogens is 182 g/mol. The molecule has 0 aromatic rings. The van der Waals surface area contributed by atoms with Crippen molar-refractivity contribution < 1.29 is 17.4 Å². The van der Waals surface area contributed by atoms with Gasteiger partial charge in [0.1, 0.15) is 0 Å². The standard InChI is InChI=1S/C6H11NO4S/c1-12(9,10)11-5-2-3-7-6(8)4-5/h5H,2-4H2,1H3,(H,7,8). The van der Waals surface area contributed by atoms with Crippen LogP contribution in [0.25, 0.3) is 0 Å². The molecular formula is C6H11NO4S. The maximum Gasteiger partial charge on any atom is 0.264 e. The Morgan fingerprint density at radius 3 is 2.75 bits per heavy atom. The van der Waals surface area contributed by atoms with Gasteiger partial charge in [0.05, 0.1) is 18.8 Å². The molecule has 5 nitrogen and oxygen atoms in total. The summed E-state index contributed by atoms with van der Waals surface area (Å²) < 4.78 is 26.0. The Morgan fingerprint density at radius 1 is 1.58 bits per heavy atom. The molecule has 1 heterocycles. The molecule has 1 fully saturated rings. The molecule has 1 saturated heterocycles. The SMILES string of the molecule is CS(=O)(=O)OC1CCNC(=O)C1. The summed E-state index contributed by atoms with van der Waals surface area (Å²) in [7, 11) is -3.43. The van der Waals surface area contributed by atoms with E-state index in [2.05, 4.69) is 9.50 Å². The summed E-state index contributed by atoms with van der Waals surface area (Å²) in [6.45, 7) is 0.485. The molecule has 1 atom stereocenters. The van der Waals surface area contributed by atoms with Crippen LogP contribution in [0.1, 0.15) is 12.8 Å². The second kappa shape index (κ2) is 3.40. The second-order valence-corrected chi connectivity index (χ2v) is 4.37. The van der Waals surface area contributed by atoms with Crippen LogP contribution in [0.15, 0.2) is 0 Å². The number of amides is 1. The van der Waals surface area contributed by atoms with Gasteiger partial charge in [-0.25, -0.2) is 0 Å². The van der Waals surface area contributed by atoms with Gasteiger partial charge in [-0.3, -0.25) is 8.98 Å². The zero-order valence-electron chi connectivity index (χ0n) is 6.74. The van der Waals surface area contributed by atoms with Crippen LogP contribution in [0.5, 0.6) is 0 Å². The highest BCUT2D eigenvalue weighted by atomic mass is 32.2. The van der Waals surface area contributed by atoms with Gasteiger partial charge < -0.3 is 5.32 Å². The van der Waals surface area contributed by atoms with Crippen molar-refractivity contribution >= 4 is 16.0 Å². The molecule has 6 heteroatoms. The average Bonchev–Trinajstić information content (AvgIpc) is 1.82.